The first-order valence-electron chi connectivity index (χ1n) is 9.92. The lowest BCUT2D eigenvalue weighted by molar-refractivity contribution is -0.120. The van der Waals surface area contributed by atoms with Crippen LogP contribution in [-0.2, 0) is 11.3 Å². The summed E-state index contributed by atoms with van der Waals surface area (Å²) < 4.78 is 1.74. The van der Waals surface area contributed by atoms with Crippen LogP contribution in [0.1, 0.15) is 52.9 Å². The molecular formula is C21H29N3O2S. The first-order valence-corrected chi connectivity index (χ1v) is 10.8. The zero-order chi connectivity index (χ0) is 19.4. The lowest BCUT2D eigenvalue weighted by Crippen LogP contribution is -2.38. The van der Waals surface area contributed by atoms with E-state index in [0.29, 0.717) is 34.6 Å². The first-order chi connectivity index (χ1) is 13.0. The molecule has 5 nitrogen and oxygen atoms in total. The van der Waals surface area contributed by atoms with Crippen LogP contribution in [0, 0.1) is 5.92 Å². The molecule has 6 heteroatoms. The number of fused-ring (bicyclic) bond motifs is 1. The third kappa shape index (κ3) is 4.92. The molecule has 1 N–H and O–H groups in total. The Morgan fingerprint density at radius 1 is 1.26 bits per heavy atom. The van der Waals surface area contributed by atoms with Gasteiger partial charge >= 0.3 is 0 Å². The normalized spacial score (nSPS) is 16.1. The fraction of sp³-hybridized carbons (Fsp3) is 0.571. The first kappa shape index (κ1) is 19.9. The van der Waals surface area contributed by atoms with Crippen LogP contribution in [0.15, 0.2) is 34.2 Å². The van der Waals surface area contributed by atoms with Gasteiger partial charge in [0.2, 0.25) is 5.91 Å². The fourth-order valence-corrected chi connectivity index (χ4v) is 4.37. The van der Waals surface area contributed by atoms with Crippen molar-refractivity contribution < 1.29 is 4.79 Å². The van der Waals surface area contributed by atoms with E-state index in [4.69, 9.17) is 4.98 Å². The van der Waals surface area contributed by atoms with E-state index in [1.807, 2.05) is 31.2 Å². The largest absolute Gasteiger partial charge is 0.352 e. The molecule has 0 bridgehead atoms. The Morgan fingerprint density at radius 2 is 1.96 bits per heavy atom. The number of hydrogen-bond donors (Lipinski definition) is 1. The Balaban J connectivity index is 1.85. The molecule has 1 aliphatic carbocycles. The molecule has 1 fully saturated rings. The molecule has 0 saturated heterocycles. The van der Waals surface area contributed by atoms with Crippen molar-refractivity contribution in [1.82, 2.24) is 14.9 Å². The molecule has 1 unspecified atom stereocenters. The lowest BCUT2D eigenvalue weighted by Gasteiger charge is -2.19. The summed E-state index contributed by atoms with van der Waals surface area (Å²) in [7, 11) is 0. The molecule has 1 aromatic heterocycles. The molecule has 0 radical (unpaired) electrons. The third-order valence-electron chi connectivity index (χ3n) is 5.11. The van der Waals surface area contributed by atoms with Gasteiger partial charge in [0.05, 0.1) is 16.2 Å². The molecule has 1 aromatic carbocycles. The van der Waals surface area contributed by atoms with Crippen molar-refractivity contribution in [2.24, 2.45) is 5.92 Å². The summed E-state index contributed by atoms with van der Waals surface area (Å²) in [5.74, 6) is 0.522. The Bertz CT molecular complexity index is 856. The molecule has 2 aromatic rings. The molecular weight excluding hydrogens is 358 g/mol. The zero-order valence-corrected chi connectivity index (χ0v) is 17.2. The van der Waals surface area contributed by atoms with Crippen LogP contribution in [0.3, 0.4) is 0 Å². The highest BCUT2D eigenvalue weighted by Crippen LogP contribution is 2.24. The van der Waals surface area contributed by atoms with Gasteiger partial charge in [-0.25, -0.2) is 4.98 Å². The quantitative estimate of drug-likeness (QED) is 0.576. The number of rotatable bonds is 7. The maximum atomic E-state index is 13.0. The topological polar surface area (TPSA) is 64.0 Å². The van der Waals surface area contributed by atoms with Crippen molar-refractivity contribution >= 4 is 28.6 Å². The van der Waals surface area contributed by atoms with E-state index >= 15 is 0 Å². The number of nitrogens with one attached hydrogen (secondary N) is 1. The van der Waals surface area contributed by atoms with E-state index in [9.17, 15) is 9.59 Å². The molecule has 1 heterocycles. The molecule has 1 aliphatic rings. The van der Waals surface area contributed by atoms with Crippen LogP contribution in [0.2, 0.25) is 0 Å². The van der Waals surface area contributed by atoms with Crippen molar-refractivity contribution in [1.29, 1.82) is 0 Å². The van der Waals surface area contributed by atoms with Crippen LogP contribution < -0.4 is 10.9 Å². The Kier molecular flexibility index (Phi) is 6.58. The standard InChI is InChI=1S/C21H29N3O2S/c1-14(2)12-13-24-20(26)17-10-6-7-11-18(17)23-21(24)27-15(3)19(25)22-16-8-4-5-9-16/h6-7,10-11,14-16H,4-5,8-9,12-13H2,1-3H3,(H,22,25). The molecule has 27 heavy (non-hydrogen) atoms. The predicted molar refractivity (Wildman–Crippen MR) is 111 cm³/mol. The molecule has 3 rings (SSSR count). The summed E-state index contributed by atoms with van der Waals surface area (Å²) in [6, 6.07) is 7.73. The fourth-order valence-electron chi connectivity index (χ4n) is 3.42. The summed E-state index contributed by atoms with van der Waals surface area (Å²) in [6.45, 7) is 6.80. The Hall–Kier alpha value is -1.82. The zero-order valence-electron chi connectivity index (χ0n) is 16.4. The lowest BCUT2D eigenvalue weighted by atomic mass is 10.1. The van der Waals surface area contributed by atoms with Gasteiger partial charge in [-0.2, -0.15) is 0 Å². The van der Waals surface area contributed by atoms with Crippen LogP contribution in [-0.4, -0.2) is 26.8 Å². The molecule has 146 valence electrons. The highest BCUT2D eigenvalue weighted by molar-refractivity contribution is 8.00. The van der Waals surface area contributed by atoms with Crippen molar-refractivity contribution in [3.05, 3.63) is 34.6 Å². The van der Waals surface area contributed by atoms with Gasteiger partial charge in [-0.05, 0) is 44.2 Å². The smallest absolute Gasteiger partial charge is 0.262 e. The molecule has 1 atom stereocenters. The predicted octanol–water partition coefficient (Wildman–Crippen LogP) is 3.98. The third-order valence-corrected chi connectivity index (χ3v) is 6.20. The molecule has 1 amide bonds. The highest BCUT2D eigenvalue weighted by Gasteiger charge is 2.23. The number of carbonyl (C=O) groups excluding carboxylic acids is 1. The van der Waals surface area contributed by atoms with Crippen LogP contribution in [0.4, 0.5) is 0 Å². The average molecular weight is 388 g/mol. The van der Waals surface area contributed by atoms with Gasteiger partial charge < -0.3 is 5.32 Å². The molecule has 0 spiro atoms. The van der Waals surface area contributed by atoms with E-state index in [1.54, 1.807) is 4.57 Å². The average Bonchev–Trinajstić information content (AvgIpc) is 3.14. The number of nitrogens with zero attached hydrogens (tertiary/aromatic N) is 2. The van der Waals surface area contributed by atoms with Crippen molar-refractivity contribution in [3.8, 4) is 0 Å². The van der Waals surface area contributed by atoms with Crippen LogP contribution in [0.25, 0.3) is 10.9 Å². The summed E-state index contributed by atoms with van der Waals surface area (Å²) in [5.41, 5.74) is 0.668. The van der Waals surface area contributed by atoms with Gasteiger partial charge in [-0.1, -0.05) is 50.6 Å². The van der Waals surface area contributed by atoms with Crippen molar-refractivity contribution in [3.63, 3.8) is 0 Å². The van der Waals surface area contributed by atoms with Gasteiger partial charge in [0.15, 0.2) is 5.16 Å². The SMILES string of the molecule is CC(C)CCn1c(SC(C)C(=O)NC2CCCC2)nc2ccccc2c1=O. The Labute approximate surface area is 164 Å². The van der Waals surface area contributed by atoms with Gasteiger partial charge in [0, 0.05) is 12.6 Å². The van der Waals surface area contributed by atoms with E-state index in [0.717, 1.165) is 19.3 Å². The van der Waals surface area contributed by atoms with E-state index in [2.05, 4.69) is 19.2 Å². The number of benzene rings is 1. The minimum Gasteiger partial charge on any atom is -0.352 e. The number of para-hydroxylation sites is 1. The second-order valence-electron chi connectivity index (χ2n) is 7.80. The summed E-state index contributed by atoms with van der Waals surface area (Å²) in [5, 5.41) is 4.12. The van der Waals surface area contributed by atoms with E-state index < -0.39 is 0 Å². The van der Waals surface area contributed by atoms with Crippen LogP contribution >= 0.6 is 11.8 Å². The minimum absolute atomic E-state index is 0.0212. The second kappa shape index (κ2) is 8.91. The Morgan fingerprint density at radius 3 is 2.67 bits per heavy atom. The second-order valence-corrected chi connectivity index (χ2v) is 9.11. The number of thioether (sulfide) groups is 1. The number of amides is 1. The maximum absolute atomic E-state index is 13.0. The monoisotopic (exact) mass is 387 g/mol. The van der Waals surface area contributed by atoms with E-state index in [-0.39, 0.29) is 16.7 Å². The highest BCUT2D eigenvalue weighted by atomic mass is 32.2. The maximum Gasteiger partial charge on any atom is 0.262 e. The van der Waals surface area contributed by atoms with Crippen molar-refractivity contribution in [2.45, 2.75) is 75.9 Å². The van der Waals surface area contributed by atoms with Gasteiger partial charge in [-0.15, -0.1) is 0 Å². The van der Waals surface area contributed by atoms with Gasteiger partial charge in [-0.3, -0.25) is 14.2 Å². The van der Waals surface area contributed by atoms with Gasteiger partial charge in [0.1, 0.15) is 0 Å². The summed E-state index contributed by atoms with van der Waals surface area (Å²) in [4.78, 5) is 30.3. The molecule has 0 aliphatic heterocycles. The number of aromatic nitrogens is 2. The van der Waals surface area contributed by atoms with E-state index in [1.165, 1.54) is 24.6 Å². The van der Waals surface area contributed by atoms with Crippen molar-refractivity contribution in [2.75, 3.05) is 0 Å². The number of hydrogen-bond acceptors (Lipinski definition) is 4. The molecule has 1 saturated carbocycles. The minimum atomic E-state index is -0.288. The van der Waals surface area contributed by atoms with Crippen LogP contribution in [0.5, 0.6) is 0 Å². The summed E-state index contributed by atoms with van der Waals surface area (Å²) >= 11 is 1.38. The van der Waals surface area contributed by atoms with Gasteiger partial charge in [0.25, 0.3) is 5.56 Å². The summed E-state index contributed by atoms with van der Waals surface area (Å²) in [6.07, 6.45) is 5.41. The number of carbonyl (C=O) groups is 1.